The first-order chi connectivity index (χ1) is 9.83. The van der Waals surface area contributed by atoms with Crippen LogP contribution in [0.4, 0.5) is 0 Å². The third kappa shape index (κ3) is 2.74. The number of hydrogen-bond acceptors (Lipinski definition) is 5. The first-order valence-corrected chi connectivity index (χ1v) is 6.46. The molecule has 1 saturated heterocycles. The lowest BCUT2D eigenvalue weighted by molar-refractivity contribution is 0.0769. The second kappa shape index (κ2) is 5.64. The quantitative estimate of drug-likeness (QED) is 0.837. The molecule has 2 aromatic heterocycles. The maximum absolute atomic E-state index is 12.3. The molecule has 0 aliphatic carbocycles. The van der Waals surface area contributed by atoms with Crippen molar-refractivity contribution in [3.05, 3.63) is 48.5 Å². The second-order valence-electron chi connectivity index (χ2n) is 4.55. The Balaban J connectivity index is 1.61. The van der Waals surface area contributed by atoms with Gasteiger partial charge in [0.2, 0.25) is 0 Å². The monoisotopic (exact) mass is 270 g/mol. The number of carbonyl (C=O) groups is 1. The van der Waals surface area contributed by atoms with Gasteiger partial charge < -0.3 is 9.64 Å². The maximum Gasteiger partial charge on any atom is 0.316 e. The molecular weight excluding hydrogens is 256 g/mol. The minimum atomic E-state index is -0.0526. The van der Waals surface area contributed by atoms with Crippen LogP contribution in [0.25, 0.3) is 0 Å². The second-order valence-corrected chi connectivity index (χ2v) is 4.55. The number of likely N-dealkylation sites (tertiary alicyclic amines) is 1. The number of aromatic nitrogens is 3. The summed E-state index contributed by atoms with van der Waals surface area (Å²) < 4.78 is 5.66. The molecule has 1 fully saturated rings. The van der Waals surface area contributed by atoms with E-state index in [2.05, 4.69) is 15.0 Å². The van der Waals surface area contributed by atoms with E-state index in [9.17, 15) is 4.79 Å². The van der Waals surface area contributed by atoms with Crippen molar-refractivity contribution in [3.63, 3.8) is 0 Å². The Kier molecular flexibility index (Phi) is 3.54. The average molecular weight is 270 g/mol. The summed E-state index contributed by atoms with van der Waals surface area (Å²) in [5.74, 6) is 0.00693. The van der Waals surface area contributed by atoms with Gasteiger partial charge in [-0.3, -0.25) is 9.78 Å². The number of amides is 1. The van der Waals surface area contributed by atoms with Crippen molar-refractivity contribution in [2.24, 2.45) is 0 Å². The van der Waals surface area contributed by atoms with Crippen LogP contribution in [0.5, 0.6) is 6.01 Å². The summed E-state index contributed by atoms with van der Waals surface area (Å²) in [4.78, 5) is 26.0. The van der Waals surface area contributed by atoms with E-state index in [4.69, 9.17) is 4.74 Å². The fourth-order valence-electron chi connectivity index (χ4n) is 2.18. The number of pyridine rings is 1. The number of rotatable bonds is 3. The smallest absolute Gasteiger partial charge is 0.316 e. The van der Waals surface area contributed by atoms with Crippen molar-refractivity contribution in [2.45, 2.75) is 12.5 Å². The van der Waals surface area contributed by atoms with Gasteiger partial charge in [0.05, 0.1) is 6.54 Å². The van der Waals surface area contributed by atoms with E-state index in [1.54, 1.807) is 47.9 Å². The summed E-state index contributed by atoms with van der Waals surface area (Å²) in [6, 6.07) is 5.53. The molecule has 1 atom stereocenters. The molecule has 3 rings (SSSR count). The molecule has 0 radical (unpaired) electrons. The molecule has 1 aliphatic rings. The van der Waals surface area contributed by atoms with Crippen LogP contribution in [0.1, 0.15) is 16.8 Å². The van der Waals surface area contributed by atoms with Crippen LogP contribution in [-0.4, -0.2) is 45.0 Å². The van der Waals surface area contributed by atoms with Crippen LogP contribution in [0.2, 0.25) is 0 Å². The van der Waals surface area contributed by atoms with Crippen molar-refractivity contribution < 1.29 is 9.53 Å². The summed E-state index contributed by atoms with van der Waals surface area (Å²) in [5.41, 5.74) is 0.650. The Hall–Kier alpha value is -2.50. The minimum Gasteiger partial charge on any atom is -0.458 e. The summed E-state index contributed by atoms with van der Waals surface area (Å²) in [5, 5.41) is 0. The fraction of sp³-hybridized carbons (Fsp3) is 0.286. The number of ether oxygens (including phenoxy) is 1. The van der Waals surface area contributed by atoms with E-state index in [-0.39, 0.29) is 12.0 Å². The van der Waals surface area contributed by atoms with Gasteiger partial charge in [-0.15, -0.1) is 0 Å². The molecule has 0 saturated carbocycles. The predicted octanol–water partition coefficient (Wildman–Crippen LogP) is 1.17. The van der Waals surface area contributed by atoms with Crippen molar-refractivity contribution in [3.8, 4) is 6.01 Å². The molecule has 1 aliphatic heterocycles. The molecule has 0 spiro atoms. The molecule has 0 bridgehead atoms. The molecule has 2 aromatic rings. The Morgan fingerprint density at radius 2 is 1.95 bits per heavy atom. The van der Waals surface area contributed by atoms with Crippen LogP contribution in [0, 0.1) is 0 Å². The highest BCUT2D eigenvalue weighted by atomic mass is 16.5. The predicted molar refractivity (Wildman–Crippen MR) is 71.2 cm³/mol. The van der Waals surface area contributed by atoms with Crippen molar-refractivity contribution >= 4 is 5.91 Å². The zero-order valence-electron chi connectivity index (χ0n) is 10.8. The Labute approximate surface area is 116 Å². The number of nitrogens with zero attached hydrogens (tertiary/aromatic N) is 4. The summed E-state index contributed by atoms with van der Waals surface area (Å²) in [6.07, 6.45) is 7.25. The zero-order chi connectivity index (χ0) is 13.8. The summed E-state index contributed by atoms with van der Waals surface area (Å²) in [6.45, 7) is 1.23. The molecule has 20 heavy (non-hydrogen) atoms. The van der Waals surface area contributed by atoms with Gasteiger partial charge in [-0.05, 0) is 18.2 Å². The third-order valence-electron chi connectivity index (χ3n) is 3.17. The van der Waals surface area contributed by atoms with Crippen LogP contribution in [0.3, 0.4) is 0 Å². The molecule has 1 unspecified atom stereocenters. The van der Waals surface area contributed by atoms with Crippen LogP contribution >= 0.6 is 0 Å². The highest BCUT2D eigenvalue weighted by molar-refractivity contribution is 5.94. The Bertz CT molecular complexity index is 576. The zero-order valence-corrected chi connectivity index (χ0v) is 10.8. The largest absolute Gasteiger partial charge is 0.458 e. The van der Waals surface area contributed by atoms with Gasteiger partial charge in [-0.2, -0.15) is 0 Å². The van der Waals surface area contributed by atoms with Crippen LogP contribution < -0.4 is 4.74 Å². The first kappa shape index (κ1) is 12.5. The summed E-state index contributed by atoms with van der Waals surface area (Å²) >= 11 is 0. The standard InChI is InChI=1S/C14H14N4O2/c19-13(11-2-7-15-8-3-11)18-9-4-12(10-18)20-14-16-5-1-6-17-14/h1-3,5-8,12H,4,9-10H2. The van der Waals surface area contributed by atoms with E-state index in [1.165, 1.54) is 0 Å². The van der Waals surface area contributed by atoms with Gasteiger partial charge >= 0.3 is 6.01 Å². The van der Waals surface area contributed by atoms with Gasteiger partial charge in [0, 0.05) is 43.3 Å². The lowest BCUT2D eigenvalue weighted by Gasteiger charge is -2.16. The van der Waals surface area contributed by atoms with E-state index in [1.807, 2.05) is 0 Å². The average Bonchev–Trinajstić information content (AvgIpc) is 2.97. The molecule has 102 valence electrons. The van der Waals surface area contributed by atoms with E-state index < -0.39 is 0 Å². The highest BCUT2D eigenvalue weighted by Gasteiger charge is 2.28. The van der Waals surface area contributed by atoms with Gasteiger partial charge in [-0.25, -0.2) is 9.97 Å². The van der Waals surface area contributed by atoms with Crippen molar-refractivity contribution in [1.29, 1.82) is 0 Å². The lowest BCUT2D eigenvalue weighted by Crippen LogP contribution is -2.31. The molecule has 1 amide bonds. The third-order valence-corrected chi connectivity index (χ3v) is 3.17. The van der Waals surface area contributed by atoms with Gasteiger partial charge in [0.1, 0.15) is 6.10 Å². The lowest BCUT2D eigenvalue weighted by atomic mass is 10.2. The molecular formula is C14H14N4O2. The normalized spacial score (nSPS) is 18.0. The summed E-state index contributed by atoms with van der Waals surface area (Å²) in [7, 11) is 0. The molecule has 6 nitrogen and oxygen atoms in total. The van der Waals surface area contributed by atoms with E-state index >= 15 is 0 Å². The fourth-order valence-corrected chi connectivity index (χ4v) is 2.18. The van der Waals surface area contributed by atoms with E-state index in [0.29, 0.717) is 24.7 Å². The molecule has 3 heterocycles. The Morgan fingerprint density at radius 3 is 2.70 bits per heavy atom. The van der Waals surface area contributed by atoms with Gasteiger partial charge in [0.25, 0.3) is 5.91 Å². The van der Waals surface area contributed by atoms with Gasteiger partial charge in [0.15, 0.2) is 0 Å². The Morgan fingerprint density at radius 1 is 1.20 bits per heavy atom. The van der Waals surface area contributed by atoms with Crippen molar-refractivity contribution in [2.75, 3.05) is 13.1 Å². The molecule has 0 N–H and O–H groups in total. The minimum absolute atomic E-state index is 0.00693. The van der Waals surface area contributed by atoms with Crippen molar-refractivity contribution in [1.82, 2.24) is 19.9 Å². The van der Waals surface area contributed by atoms with Crippen LogP contribution in [0.15, 0.2) is 43.0 Å². The SMILES string of the molecule is O=C(c1ccncc1)N1CCC(Oc2ncccn2)C1. The van der Waals surface area contributed by atoms with Crippen LogP contribution in [-0.2, 0) is 0 Å². The topological polar surface area (TPSA) is 68.2 Å². The molecule has 0 aromatic carbocycles. The van der Waals surface area contributed by atoms with Gasteiger partial charge in [-0.1, -0.05) is 0 Å². The number of hydrogen-bond donors (Lipinski definition) is 0. The highest BCUT2D eigenvalue weighted by Crippen LogP contribution is 2.16. The number of carbonyl (C=O) groups excluding carboxylic acids is 1. The van der Waals surface area contributed by atoms with E-state index in [0.717, 1.165) is 6.42 Å². The first-order valence-electron chi connectivity index (χ1n) is 6.46. The maximum atomic E-state index is 12.3. The molecule has 6 heteroatoms.